The van der Waals surface area contributed by atoms with Gasteiger partial charge in [0.25, 0.3) is 0 Å². The first-order chi connectivity index (χ1) is 12.9. The fourth-order valence-corrected chi connectivity index (χ4v) is 5.08. The number of carbonyl (C=O) groups excluding carboxylic acids is 1. The summed E-state index contributed by atoms with van der Waals surface area (Å²) in [6, 6.07) is 10.6. The molecule has 2 heterocycles. The third-order valence-corrected chi connectivity index (χ3v) is 7.09. The van der Waals surface area contributed by atoms with Crippen LogP contribution in [-0.2, 0) is 21.2 Å². The number of piperidine rings is 2. The molecule has 0 unspecified atom stereocenters. The summed E-state index contributed by atoms with van der Waals surface area (Å²) < 4.78 is 24.9. The smallest absolute Gasteiger partial charge is 0.224 e. The Kier molecular flexibility index (Phi) is 6.89. The Morgan fingerprint density at radius 2 is 1.81 bits per heavy atom. The Morgan fingerprint density at radius 3 is 2.48 bits per heavy atom. The van der Waals surface area contributed by atoms with E-state index in [9.17, 15) is 13.2 Å². The highest BCUT2D eigenvalue weighted by Crippen LogP contribution is 2.24. The zero-order valence-electron chi connectivity index (χ0n) is 16.1. The molecule has 1 aromatic carbocycles. The maximum Gasteiger partial charge on any atom is 0.224 e. The summed E-state index contributed by atoms with van der Waals surface area (Å²) in [5, 5.41) is 3.10. The molecule has 2 aliphatic rings. The van der Waals surface area contributed by atoms with Crippen LogP contribution in [0.2, 0.25) is 0 Å². The molecule has 150 valence electrons. The molecule has 0 bridgehead atoms. The van der Waals surface area contributed by atoms with Gasteiger partial charge in [-0.05, 0) is 44.2 Å². The molecule has 1 amide bonds. The van der Waals surface area contributed by atoms with Gasteiger partial charge < -0.3 is 5.32 Å². The van der Waals surface area contributed by atoms with Crippen molar-refractivity contribution in [3.8, 4) is 0 Å². The van der Waals surface area contributed by atoms with Gasteiger partial charge in [0.15, 0.2) is 0 Å². The van der Waals surface area contributed by atoms with Crippen LogP contribution in [0.4, 0.5) is 0 Å². The van der Waals surface area contributed by atoms with Crippen LogP contribution in [0.1, 0.15) is 31.2 Å². The summed E-state index contributed by atoms with van der Waals surface area (Å²) in [4.78, 5) is 15.0. The number of nitrogens with zero attached hydrogens (tertiary/aromatic N) is 2. The Balaban J connectivity index is 1.44. The van der Waals surface area contributed by atoms with Crippen molar-refractivity contribution < 1.29 is 13.2 Å². The van der Waals surface area contributed by atoms with E-state index in [0.717, 1.165) is 45.2 Å². The molecule has 6 nitrogen and oxygen atoms in total. The highest BCUT2D eigenvalue weighted by atomic mass is 32.2. The standard InChI is InChI=1S/C20H31N3O3S/c1-27(25,26)23-14-10-19(11-15-23)22-13-5-8-18(16-22)20(24)21-12-9-17-6-3-2-4-7-17/h2-4,6-7,18-19H,5,8-16H2,1H3,(H,21,24)/t18-/m1/s1. The number of rotatable bonds is 6. The molecule has 27 heavy (non-hydrogen) atoms. The molecule has 3 rings (SSSR count). The van der Waals surface area contributed by atoms with Gasteiger partial charge >= 0.3 is 0 Å². The van der Waals surface area contributed by atoms with E-state index < -0.39 is 10.0 Å². The zero-order chi connectivity index (χ0) is 19.3. The van der Waals surface area contributed by atoms with Crippen molar-refractivity contribution in [1.29, 1.82) is 0 Å². The number of hydrogen-bond acceptors (Lipinski definition) is 4. The number of benzene rings is 1. The molecule has 0 aliphatic carbocycles. The van der Waals surface area contributed by atoms with Crippen LogP contribution in [-0.4, -0.2) is 68.6 Å². The quantitative estimate of drug-likeness (QED) is 0.795. The molecule has 0 saturated carbocycles. The van der Waals surface area contributed by atoms with E-state index >= 15 is 0 Å². The topological polar surface area (TPSA) is 69.7 Å². The fourth-order valence-electron chi connectivity index (χ4n) is 4.21. The maximum atomic E-state index is 12.6. The number of nitrogens with one attached hydrogen (secondary N) is 1. The Bertz CT molecular complexity index is 715. The molecule has 2 aliphatic heterocycles. The average Bonchev–Trinajstić information content (AvgIpc) is 2.68. The minimum absolute atomic E-state index is 0.0439. The molecular weight excluding hydrogens is 362 g/mol. The van der Waals surface area contributed by atoms with Crippen LogP contribution in [0.25, 0.3) is 0 Å². The number of carbonyl (C=O) groups is 1. The van der Waals surface area contributed by atoms with Gasteiger partial charge in [0.1, 0.15) is 0 Å². The van der Waals surface area contributed by atoms with Gasteiger partial charge in [-0.1, -0.05) is 30.3 Å². The summed E-state index contributed by atoms with van der Waals surface area (Å²) in [5.41, 5.74) is 1.24. The van der Waals surface area contributed by atoms with Gasteiger partial charge in [-0.15, -0.1) is 0 Å². The van der Waals surface area contributed by atoms with Crippen molar-refractivity contribution in [2.75, 3.05) is 39.0 Å². The predicted molar refractivity (Wildman–Crippen MR) is 107 cm³/mol. The van der Waals surface area contributed by atoms with Crippen LogP contribution in [0, 0.1) is 5.92 Å². The molecular formula is C20H31N3O3S. The fraction of sp³-hybridized carbons (Fsp3) is 0.650. The summed E-state index contributed by atoms with van der Waals surface area (Å²) in [7, 11) is -3.09. The summed E-state index contributed by atoms with van der Waals surface area (Å²) in [6.07, 6.45) is 5.82. The third kappa shape index (κ3) is 5.77. The molecule has 1 atom stereocenters. The summed E-state index contributed by atoms with van der Waals surface area (Å²) in [5.74, 6) is 0.201. The second-order valence-corrected chi connectivity index (χ2v) is 9.74. The lowest BCUT2D eigenvalue weighted by atomic mass is 9.93. The van der Waals surface area contributed by atoms with Crippen LogP contribution >= 0.6 is 0 Å². The Hall–Kier alpha value is -1.44. The third-order valence-electron chi connectivity index (χ3n) is 5.79. The molecule has 1 aromatic rings. The minimum Gasteiger partial charge on any atom is -0.355 e. The monoisotopic (exact) mass is 393 g/mol. The van der Waals surface area contributed by atoms with Crippen LogP contribution in [0.5, 0.6) is 0 Å². The van der Waals surface area contributed by atoms with E-state index in [-0.39, 0.29) is 11.8 Å². The summed E-state index contributed by atoms with van der Waals surface area (Å²) >= 11 is 0. The van der Waals surface area contributed by atoms with Crippen LogP contribution in [0.3, 0.4) is 0 Å². The molecule has 0 radical (unpaired) electrons. The average molecular weight is 394 g/mol. The highest BCUT2D eigenvalue weighted by Gasteiger charge is 2.33. The van der Waals surface area contributed by atoms with E-state index in [1.807, 2.05) is 18.2 Å². The second kappa shape index (κ2) is 9.17. The maximum absolute atomic E-state index is 12.6. The number of hydrogen-bond donors (Lipinski definition) is 1. The minimum atomic E-state index is -3.09. The molecule has 7 heteroatoms. The first-order valence-electron chi connectivity index (χ1n) is 9.94. The molecule has 0 spiro atoms. The summed E-state index contributed by atoms with van der Waals surface area (Å²) in [6.45, 7) is 3.66. The van der Waals surface area contributed by atoms with Gasteiger partial charge in [-0.2, -0.15) is 0 Å². The van der Waals surface area contributed by atoms with Crippen molar-refractivity contribution >= 4 is 15.9 Å². The molecule has 2 saturated heterocycles. The Morgan fingerprint density at radius 1 is 1.11 bits per heavy atom. The lowest BCUT2D eigenvalue weighted by Crippen LogP contribution is -2.51. The molecule has 2 fully saturated rings. The van der Waals surface area contributed by atoms with E-state index in [2.05, 4.69) is 22.3 Å². The lowest BCUT2D eigenvalue weighted by molar-refractivity contribution is -0.127. The van der Waals surface area contributed by atoms with Crippen molar-refractivity contribution in [1.82, 2.24) is 14.5 Å². The van der Waals surface area contributed by atoms with Crippen molar-refractivity contribution in [2.24, 2.45) is 5.92 Å². The van der Waals surface area contributed by atoms with Gasteiger partial charge in [0, 0.05) is 32.2 Å². The second-order valence-electron chi connectivity index (χ2n) is 7.75. The van der Waals surface area contributed by atoms with Gasteiger partial charge in [0.05, 0.1) is 12.2 Å². The van der Waals surface area contributed by atoms with Crippen molar-refractivity contribution in [3.63, 3.8) is 0 Å². The number of amides is 1. The van der Waals surface area contributed by atoms with Crippen LogP contribution < -0.4 is 5.32 Å². The zero-order valence-corrected chi connectivity index (χ0v) is 17.0. The number of sulfonamides is 1. The Labute approximate surface area is 163 Å². The van der Waals surface area contributed by atoms with Gasteiger partial charge in [-0.3, -0.25) is 9.69 Å². The molecule has 0 aromatic heterocycles. The van der Waals surface area contributed by atoms with E-state index in [1.165, 1.54) is 11.8 Å². The van der Waals surface area contributed by atoms with E-state index in [4.69, 9.17) is 0 Å². The van der Waals surface area contributed by atoms with Gasteiger partial charge in [0.2, 0.25) is 15.9 Å². The number of likely N-dealkylation sites (tertiary alicyclic amines) is 1. The predicted octanol–water partition coefficient (Wildman–Crippen LogP) is 1.48. The van der Waals surface area contributed by atoms with E-state index in [1.54, 1.807) is 4.31 Å². The SMILES string of the molecule is CS(=O)(=O)N1CCC(N2CCC[C@@H](C(=O)NCCc3ccccc3)C2)CC1. The molecule has 1 N–H and O–H groups in total. The van der Waals surface area contributed by atoms with E-state index in [0.29, 0.717) is 25.7 Å². The first kappa shape index (κ1) is 20.3. The normalized spacial score (nSPS) is 23.2. The lowest BCUT2D eigenvalue weighted by Gasteiger charge is -2.41. The highest BCUT2D eigenvalue weighted by molar-refractivity contribution is 7.88. The largest absolute Gasteiger partial charge is 0.355 e. The first-order valence-corrected chi connectivity index (χ1v) is 11.8. The van der Waals surface area contributed by atoms with Gasteiger partial charge in [-0.25, -0.2) is 12.7 Å². The van der Waals surface area contributed by atoms with Crippen molar-refractivity contribution in [2.45, 2.75) is 38.1 Å². The van der Waals surface area contributed by atoms with Crippen molar-refractivity contribution in [3.05, 3.63) is 35.9 Å². The van der Waals surface area contributed by atoms with Crippen LogP contribution in [0.15, 0.2) is 30.3 Å².